The number of carbonyl (C=O) groups is 1. The molecule has 3 rings (SSSR count). The van der Waals surface area contributed by atoms with E-state index in [0.717, 1.165) is 5.56 Å². The highest BCUT2D eigenvalue weighted by Crippen LogP contribution is 2.32. The van der Waals surface area contributed by atoms with Crippen LogP contribution in [0.15, 0.2) is 42.6 Å². The highest BCUT2D eigenvalue weighted by molar-refractivity contribution is 6.31. The fourth-order valence-corrected chi connectivity index (χ4v) is 2.61. The molecule has 0 spiro atoms. The van der Waals surface area contributed by atoms with Gasteiger partial charge in [0.2, 0.25) is 5.95 Å². The summed E-state index contributed by atoms with van der Waals surface area (Å²) >= 11 is 6.14. The monoisotopic (exact) mass is 361 g/mol. The highest BCUT2D eigenvalue weighted by Gasteiger charge is 2.18. The highest BCUT2D eigenvalue weighted by atomic mass is 35.5. The molecule has 0 aliphatic rings. The molecule has 1 N–H and O–H groups in total. The van der Waals surface area contributed by atoms with E-state index in [2.05, 4.69) is 10.4 Å². The van der Waals surface area contributed by atoms with Crippen LogP contribution < -0.4 is 5.32 Å². The van der Waals surface area contributed by atoms with Gasteiger partial charge in [-0.1, -0.05) is 23.7 Å². The van der Waals surface area contributed by atoms with Crippen LogP contribution in [0.25, 0.3) is 11.1 Å². The van der Waals surface area contributed by atoms with Gasteiger partial charge in [-0.2, -0.15) is 4.39 Å². The Balaban J connectivity index is 2.00. The Morgan fingerprint density at radius 1 is 1.20 bits per heavy atom. The van der Waals surface area contributed by atoms with E-state index in [-0.39, 0.29) is 5.56 Å². The minimum absolute atomic E-state index is 0.195. The Kier molecular flexibility index (Phi) is 4.55. The predicted molar refractivity (Wildman–Crippen MR) is 92.7 cm³/mol. The number of rotatable bonds is 3. The molecule has 1 heterocycles. The molecule has 0 aliphatic carbocycles. The van der Waals surface area contributed by atoms with Crippen molar-refractivity contribution in [3.05, 3.63) is 70.5 Å². The van der Waals surface area contributed by atoms with E-state index in [9.17, 15) is 13.6 Å². The van der Waals surface area contributed by atoms with E-state index >= 15 is 0 Å². The van der Waals surface area contributed by atoms with Gasteiger partial charge in [0, 0.05) is 29.5 Å². The second-order valence-corrected chi connectivity index (χ2v) is 6.02. The summed E-state index contributed by atoms with van der Waals surface area (Å²) in [6, 6.07) is 9.19. The van der Waals surface area contributed by atoms with Crippen molar-refractivity contribution in [2.45, 2.75) is 6.92 Å². The number of nitrogens with zero attached hydrogens (tertiary/aromatic N) is 2. The van der Waals surface area contributed by atoms with Crippen molar-refractivity contribution in [2.75, 3.05) is 5.32 Å². The number of carbonyl (C=O) groups excluding carboxylic acids is 1. The first-order valence-electron chi connectivity index (χ1n) is 7.41. The quantitative estimate of drug-likeness (QED) is 0.742. The van der Waals surface area contributed by atoms with Crippen molar-refractivity contribution in [3.8, 4) is 11.1 Å². The van der Waals surface area contributed by atoms with Gasteiger partial charge in [-0.05, 0) is 42.3 Å². The molecule has 0 aliphatic heterocycles. The first kappa shape index (κ1) is 17.1. The average molecular weight is 362 g/mol. The lowest BCUT2D eigenvalue weighted by Crippen LogP contribution is -2.13. The summed E-state index contributed by atoms with van der Waals surface area (Å²) in [4.78, 5) is 12.3. The third-order valence-electron chi connectivity index (χ3n) is 3.74. The average Bonchev–Trinajstić information content (AvgIpc) is 2.90. The lowest BCUT2D eigenvalue weighted by Gasteiger charge is -2.12. The van der Waals surface area contributed by atoms with Crippen LogP contribution in [-0.2, 0) is 7.05 Å². The Bertz CT molecular complexity index is 969. The van der Waals surface area contributed by atoms with Crippen LogP contribution in [0.2, 0.25) is 5.02 Å². The zero-order chi connectivity index (χ0) is 18.1. The Labute approximate surface area is 148 Å². The molecule has 0 saturated heterocycles. The zero-order valence-corrected chi connectivity index (χ0v) is 14.2. The maximum Gasteiger partial charge on any atom is 0.261 e. The van der Waals surface area contributed by atoms with Crippen LogP contribution >= 0.6 is 11.6 Å². The number of hydrogen-bond donors (Lipinski definition) is 1. The van der Waals surface area contributed by atoms with Gasteiger partial charge >= 0.3 is 0 Å². The third kappa shape index (κ3) is 3.53. The van der Waals surface area contributed by atoms with Gasteiger partial charge in [-0.25, -0.2) is 4.39 Å². The van der Waals surface area contributed by atoms with E-state index in [1.807, 2.05) is 6.92 Å². The largest absolute Gasteiger partial charge is 0.321 e. The summed E-state index contributed by atoms with van der Waals surface area (Å²) in [5.41, 5.74) is 2.11. The molecule has 128 valence electrons. The number of hydrogen-bond acceptors (Lipinski definition) is 2. The summed E-state index contributed by atoms with van der Waals surface area (Å²) in [6.07, 6.45) is 1.27. The summed E-state index contributed by atoms with van der Waals surface area (Å²) in [5, 5.41) is 6.63. The molecule has 7 heteroatoms. The number of aromatic nitrogens is 2. The molecule has 0 unspecified atom stereocenters. The standard InChI is InChI=1S/C18H14ClF2N3O/c1-10-3-4-11(7-15(10)19)13-8-12(20)5-6-16(13)22-18(25)14-9-24(2)23-17(14)21/h3-9H,1-2H3,(H,22,25). The lowest BCUT2D eigenvalue weighted by molar-refractivity contribution is 0.102. The van der Waals surface area contributed by atoms with Crippen LogP contribution in [0.1, 0.15) is 15.9 Å². The molecule has 2 aromatic carbocycles. The van der Waals surface area contributed by atoms with E-state index in [0.29, 0.717) is 21.8 Å². The molecule has 25 heavy (non-hydrogen) atoms. The number of amides is 1. The minimum atomic E-state index is -0.873. The zero-order valence-electron chi connectivity index (χ0n) is 13.5. The first-order chi connectivity index (χ1) is 11.8. The third-order valence-corrected chi connectivity index (χ3v) is 4.15. The Morgan fingerprint density at radius 3 is 2.60 bits per heavy atom. The van der Waals surface area contributed by atoms with Crippen molar-refractivity contribution >= 4 is 23.2 Å². The Hall–Kier alpha value is -2.73. The summed E-state index contributed by atoms with van der Waals surface area (Å²) < 4.78 is 28.6. The van der Waals surface area contributed by atoms with E-state index in [1.165, 1.54) is 36.1 Å². The summed E-state index contributed by atoms with van der Waals surface area (Å²) in [6.45, 7) is 1.85. The minimum Gasteiger partial charge on any atom is -0.321 e. The molecular formula is C18H14ClF2N3O. The number of aryl methyl sites for hydroxylation is 2. The molecule has 1 amide bonds. The van der Waals surface area contributed by atoms with Crippen LogP contribution in [0.3, 0.4) is 0 Å². The SMILES string of the molecule is Cc1ccc(-c2cc(F)ccc2NC(=O)c2cn(C)nc2F)cc1Cl. The van der Waals surface area contributed by atoms with Gasteiger partial charge in [0.05, 0.1) is 0 Å². The smallest absolute Gasteiger partial charge is 0.261 e. The maximum atomic E-state index is 13.7. The van der Waals surface area contributed by atoms with Gasteiger partial charge in [0.15, 0.2) is 0 Å². The van der Waals surface area contributed by atoms with Gasteiger partial charge in [-0.15, -0.1) is 5.10 Å². The maximum absolute atomic E-state index is 13.7. The van der Waals surface area contributed by atoms with Crippen LogP contribution in [0, 0.1) is 18.7 Å². The van der Waals surface area contributed by atoms with E-state index < -0.39 is 17.7 Å². The van der Waals surface area contributed by atoms with Gasteiger partial charge in [-0.3, -0.25) is 9.48 Å². The van der Waals surface area contributed by atoms with Crippen molar-refractivity contribution in [1.82, 2.24) is 9.78 Å². The number of anilines is 1. The van der Waals surface area contributed by atoms with E-state index in [4.69, 9.17) is 11.6 Å². The lowest BCUT2D eigenvalue weighted by atomic mass is 10.0. The molecule has 4 nitrogen and oxygen atoms in total. The van der Waals surface area contributed by atoms with Crippen molar-refractivity contribution in [2.24, 2.45) is 7.05 Å². The normalized spacial score (nSPS) is 10.8. The fraction of sp³-hybridized carbons (Fsp3) is 0.111. The van der Waals surface area contributed by atoms with Crippen molar-refractivity contribution in [3.63, 3.8) is 0 Å². The molecule has 0 fully saturated rings. The molecular weight excluding hydrogens is 348 g/mol. The number of halogens is 3. The number of nitrogens with one attached hydrogen (secondary N) is 1. The van der Waals surface area contributed by atoms with Crippen molar-refractivity contribution in [1.29, 1.82) is 0 Å². The van der Waals surface area contributed by atoms with Crippen LogP contribution in [-0.4, -0.2) is 15.7 Å². The van der Waals surface area contributed by atoms with E-state index in [1.54, 1.807) is 18.2 Å². The molecule has 0 radical (unpaired) electrons. The van der Waals surface area contributed by atoms with Crippen LogP contribution in [0.5, 0.6) is 0 Å². The number of benzene rings is 2. The topological polar surface area (TPSA) is 46.9 Å². The fourth-order valence-electron chi connectivity index (χ4n) is 2.43. The Morgan fingerprint density at radius 2 is 1.96 bits per heavy atom. The summed E-state index contributed by atoms with van der Waals surface area (Å²) in [7, 11) is 1.51. The molecule has 0 atom stereocenters. The molecule has 0 saturated carbocycles. The first-order valence-corrected chi connectivity index (χ1v) is 7.79. The van der Waals surface area contributed by atoms with Gasteiger partial charge < -0.3 is 5.32 Å². The molecule has 1 aromatic heterocycles. The van der Waals surface area contributed by atoms with Crippen molar-refractivity contribution < 1.29 is 13.6 Å². The van der Waals surface area contributed by atoms with Gasteiger partial charge in [0.1, 0.15) is 11.4 Å². The predicted octanol–water partition coefficient (Wildman–Crippen LogP) is 4.58. The van der Waals surface area contributed by atoms with Crippen LogP contribution in [0.4, 0.5) is 14.5 Å². The second kappa shape index (κ2) is 6.64. The molecule has 3 aromatic rings. The summed E-state index contributed by atoms with van der Waals surface area (Å²) in [5.74, 6) is -2.00. The van der Waals surface area contributed by atoms with Gasteiger partial charge in [0.25, 0.3) is 5.91 Å². The molecule has 0 bridgehead atoms. The second-order valence-electron chi connectivity index (χ2n) is 5.62.